The second-order valence-electron chi connectivity index (χ2n) is 7.00. The highest BCUT2D eigenvalue weighted by atomic mass is 19.1. The smallest absolute Gasteiger partial charge is 0.200 e. The van der Waals surface area contributed by atoms with Gasteiger partial charge in [0.25, 0.3) is 0 Å². The van der Waals surface area contributed by atoms with Crippen LogP contribution in [0.15, 0.2) is 64.1 Å². The second kappa shape index (κ2) is 7.94. The number of anilines is 2. The predicted molar refractivity (Wildman–Crippen MR) is 116 cm³/mol. The van der Waals surface area contributed by atoms with Gasteiger partial charge in [0.05, 0.1) is 28.4 Å². The summed E-state index contributed by atoms with van der Waals surface area (Å²) in [6.07, 6.45) is 2.00. The van der Waals surface area contributed by atoms with Gasteiger partial charge in [-0.05, 0) is 43.2 Å². The minimum absolute atomic E-state index is 0.218. The zero-order valence-corrected chi connectivity index (χ0v) is 16.6. The van der Waals surface area contributed by atoms with Crippen LogP contribution in [0.5, 0.6) is 0 Å². The highest BCUT2D eigenvalue weighted by Gasteiger charge is 2.24. The fourth-order valence-electron chi connectivity index (χ4n) is 3.44. The molecule has 0 saturated heterocycles. The molecule has 0 saturated carbocycles. The number of hydrogen-bond acceptors (Lipinski definition) is 6. The van der Waals surface area contributed by atoms with Crippen LogP contribution in [0.1, 0.15) is 30.8 Å². The molecule has 0 aliphatic heterocycles. The molecule has 1 atom stereocenters. The second-order valence-corrected chi connectivity index (χ2v) is 7.00. The molecule has 2 heterocycles. The molecule has 0 aliphatic carbocycles. The zero-order valence-electron chi connectivity index (χ0n) is 16.6. The van der Waals surface area contributed by atoms with Crippen LogP contribution in [0.3, 0.4) is 0 Å². The lowest BCUT2D eigenvalue weighted by Crippen LogP contribution is -2.18. The molecule has 152 valence electrons. The number of benzene rings is 2. The summed E-state index contributed by atoms with van der Waals surface area (Å²) in [6.45, 7) is 3.74. The number of fused-ring (bicyclic) bond motifs is 1. The first kappa shape index (κ1) is 19.6. The van der Waals surface area contributed by atoms with Gasteiger partial charge in [-0.25, -0.2) is 14.4 Å². The van der Waals surface area contributed by atoms with Crippen molar-refractivity contribution in [3.63, 3.8) is 0 Å². The van der Waals surface area contributed by atoms with E-state index in [9.17, 15) is 9.18 Å². The van der Waals surface area contributed by atoms with Crippen LogP contribution in [0.25, 0.3) is 22.1 Å². The molecule has 0 radical (unpaired) electrons. The third-order valence-corrected chi connectivity index (χ3v) is 5.06. The molecule has 0 fully saturated rings. The molecule has 6 nitrogen and oxygen atoms in total. The Kier molecular flexibility index (Phi) is 5.18. The van der Waals surface area contributed by atoms with Gasteiger partial charge in [0.1, 0.15) is 23.5 Å². The average Bonchev–Trinajstić information content (AvgIpc) is 2.75. The van der Waals surface area contributed by atoms with Crippen molar-refractivity contribution in [2.45, 2.75) is 26.3 Å². The summed E-state index contributed by atoms with van der Waals surface area (Å²) in [4.78, 5) is 21.7. The number of nitrogen functional groups attached to an aromatic ring is 1. The lowest BCUT2D eigenvalue weighted by atomic mass is 9.97. The molecule has 3 N–H and O–H groups in total. The van der Waals surface area contributed by atoms with Gasteiger partial charge in [0.2, 0.25) is 5.43 Å². The maximum Gasteiger partial charge on any atom is 0.200 e. The van der Waals surface area contributed by atoms with Crippen LogP contribution >= 0.6 is 0 Å². The minimum Gasteiger partial charge on any atom is -0.458 e. The highest BCUT2D eigenvalue weighted by Crippen LogP contribution is 2.33. The Morgan fingerprint density at radius 2 is 1.97 bits per heavy atom. The van der Waals surface area contributed by atoms with Gasteiger partial charge < -0.3 is 15.5 Å². The van der Waals surface area contributed by atoms with Gasteiger partial charge >= 0.3 is 0 Å². The number of aryl methyl sites for hydroxylation is 1. The van der Waals surface area contributed by atoms with Crippen molar-refractivity contribution >= 4 is 22.5 Å². The van der Waals surface area contributed by atoms with Crippen molar-refractivity contribution in [1.29, 1.82) is 0 Å². The van der Waals surface area contributed by atoms with Gasteiger partial charge in [0.15, 0.2) is 5.82 Å². The maximum atomic E-state index is 14.0. The van der Waals surface area contributed by atoms with Crippen LogP contribution < -0.4 is 16.5 Å². The van der Waals surface area contributed by atoms with Gasteiger partial charge in [0, 0.05) is 0 Å². The Labute approximate surface area is 172 Å². The number of nitrogens with zero attached hydrogens (tertiary/aromatic N) is 2. The van der Waals surface area contributed by atoms with Crippen LogP contribution in [0.4, 0.5) is 15.9 Å². The fraction of sp³-hybridized carbons (Fsp3) is 0.174. The average molecular weight is 404 g/mol. The summed E-state index contributed by atoms with van der Waals surface area (Å²) < 4.78 is 20.2. The number of nitrogens with two attached hydrogens (primary N) is 1. The Morgan fingerprint density at radius 3 is 2.73 bits per heavy atom. The maximum absolute atomic E-state index is 14.0. The number of halogens is 1. The molecule has 0 aliphatic rings. The number of hydrogen-bond donors (Lipinski definition) is 2. The Balaban J connectivity index is 1.94. The SMILES string of the molecule is CC[C@H](Nc1ncnc(C)c1N)c1oc2ccccc2c(=O)c1-c1cccc(F)c1. The first-order chi connectivity index (χ1) is 14.5. The Bertz CT molecular complexity index is 1290. The summed E-state index contributed by atoms with van der Waals surface area (Å²) in [6, 6.07) is 12.5. The molecular weight excluding hydrogens is 383 g/mol. The summed E-state index contributed by atoms with van der Waals surface area (Å²) in [5.74, 6) is 0.431. The largest absolute Gasteiger partial charge is 0.458 e. The van der Waals surface area contributed by atoms with Crippen LogP contribution in [0, 0.1) is 12.7 Å². The van der Waals surface area contributed by atoms with Crippen molar-refractivity contribution in [2.24, 2.45) is 0 Å². The van der Waals surface area contributed by atoms with Crippen molar-refractivity contribution in [2.75, 3.05) is 11.1 Å². The highest BCUT2D eigenvalue weighted by molar-refractivity contribution is 5.83. The van der Waals surface area contributed by atoms with E-state index in [-0.39, 0.29) is 5.43 Å². The molecule has 2 aromatic carbocycles. The molecule has 0 amide bonds. The topological polar surface area (TPSA) is 94.0 Å². The zero-order chi connectivity index (χ0) is 21.3. The minimum atomic E-state index is -0.428. The Morgan fingerprint density at radius 1 is 1.17 bits per heavy atom. The van der Waals surface area contributed by atoms with Crippen LogP contribution in [-0.4, -0.2) is 9.97 Å². The third kappa shape index (κ3) is 3.50. The fourth-order valence-corrected chi connectivity index (χ4v) is 3.44. The molecule has 30 heavy (non-hydrogen) atoms. The van der Waals surface area contributed by atoms with Crippen molar-refractivity contribution in [1.82, 2.24) is 9.97 Å². The van der Waals surface area contributed by atoms with Crippen molar-refractivity contribution in [3.05, 3.63) is 82.4 Å². The number of rotatable bonds is 5. The third-order valence-electron chi connectivity index (χ3n) is 5.06. The molecule has 0 spiro atoms. The standard InChI is InChI=1S/C23H21FN4O2/c1-3-17(28-23-20(25)13(2)26-12-27-23)22-19(14-7-6-8-15(24)11-14)21(29)16-9-4-5-10-18(16)30-22/h4-12,17H,3,25H2,1-2H3,(H,26,27,28)/t17-/m0/s1. The summed E-state index contributed by atoms with van der Waals surface area (Å²) in [5.41, 5.74) is 8.21. The molecule has 4 rings (SSSR count). The summed E-state index contributed by atoms with van der Waals surface area (Å²) in [5, 5.41) is 3.71. The van der Waals surface area contributed by atoms with E-state index in [1.807, 2.05) is 6.92 Å². The van der Waals surface area contributed by atoms with E-state index in [0.29, 0.717) is 51.5 Å². The predicted octanol–water partition coefficient (Wildman–Crippen LogP) is 4.84. The molecule has 7 heteroatoms. The summed E-state index contributed by atoms with van der Waals surface area (Å²) >= 11 is 0. The van der Waals surface area contributed by atoms with Gasteiger partial charge in [-0.2, -0.15) is 0 Å². The van der Waals surface area contributed by atoms with E-state index in [1.165, 1.54) is 18.5 Å². The normalized spacial score (nSPS) is 12.1. The van der Waals surface area contributed by atoms with Crippen molar-refractivity contribution < 1.29 is 8.81 Å². The number of para-hydroxylation sites is 1. The molecule has 0 bridgehead atoms. The van der Waals surface area contributed by atoms with Crippen molar-refractivity contribution in [3.8, 4) is 11.1 Å². The molecule has 0 unspecified atom stereocenters. The molecular formula is C23H21FN4O2. The van der Waals surface area contributed by atoms with E-state index >= 15 is 0 Å². The number of nitrogens with one attached hydrogen (secondary N) is 1. The molecule has 2 aromatic heterocycles. The van der Waals surface area contributed by atoms with Gasteiger partial charge in [-0.15, -0.1) is 0 Å². The van der Waals surface area contributed by atoms with E-state index < -0.39 is 11.9 Å². The van der Waals surface area contributed by atoms with Crippen LogP contribution in [0.2, 0.25) is 0 Å². The number of aromatic nitrogens is 2. The van der Waals surface area contributed by atoms with Gasteiger partial charge in [-0.3, -0.25) is 4.79 Å². The van der Waals surface area contributed by atoms with Crippen LogP contribution in [-0.2, 0) is 0 Å². The first-order valence-electron chi connectivity index (χ1n) is 9.65. The first-order valence-corrected chi connectivity index (χ1v) is 9.65. The Hall–Kier alpha value is -3.74. The van der Waals surface area contributed by atoms with E-state index in [2.05, 4.69) is 15.3 Å². The van der Waals surface area contributed by atoms with E-state index in [1.54, 1.807) is 43.3 Å². The summed E-state index contributed by atoms with van der Waals surface area (Å²) in [7, 11) is 0. The monoisotopic (exact) mass is 404 g/mol. The molecule has 4 aromatic rings. The van der Waals surface area contributed by atoms with Gasteiger partial charge in [-0.1, -0.05) is 31.2 Å². The lowest BCUT2D eigenvalue weighted by Gasteiger charge is -2.21. The quantitative estimate of drug-likeness (QED) is 0.494. The lowest BCUT2D eigenvalue weighted by molar-refractivity contribution is 0.495. The van der Waals surface area contributed by atoms with E-state index in [0.717, 1.165) is 0 Å². The van der Waals surface area contributed by atoms with E-state index in [4.69, 9.17) is 10.2 Å².